The fraction of sp³-hybridized carbons (Fsp3) is 0.478. The molecule has 1 aromatic carbocycles. The zero-order valence-electron chi connectivity index (χ0n) is 17.1. The molecular formula is C23H28N2O4. The van der Waals surface area contributed by atoms with Crippen LogP contribution in [0.5, 0.6) is 5.75 Å². The Balaban J connectivity index is 1.43. The second-order valence-electron chi connectivity index (χ2n) is 8.02. The number of rotatable bonds is 4. The third kappa shape index (κ3) is 3.88. The molecule has 2 atom stereocenters. The molecule has 0 radical (unpaired) electrons. The summed E-state index contributed by atoms with van der Waals surface area (Å²) >= 11 is 0. The number of hydrogen-bond donors (Lipinski definition) is 0. The molecule has 4 rings (SSSR count). The molecule has 2 amide bonds. The molecule has 3 heterocycles. The Morgan fingerprint density at radius 2 is 2.00 bits per heavy atom. The number of benzene rings is 1. The van der Waals surface area contributed by atoms with Crippen LogP contribution >= 0.6 is 0 Å². The molecule has 0 N–H and O–H groups in total. The summed E-state index contributed by atoms with van der Waals surface area (Å²) in [4.78, 5) is 29.9. The summed E-state index contributed by atoms with van der Waals surface area (Å²) in [6.45, 7) is 4.04. The number of furan rings is 1. The molecule has 0 unspecified atom stereocenters. The number of piperidine rings is 2. The maximum absolute atomic E-state index is 13.0. The number of ether oxygens (including phenoxy) is 1. The van der Waals surface area contributed by atoms with E-state index in [1.165, 1.54) is 0 Å². The number of methoxy groups -OCH3 is 1. The van der Waals surface area contributed by atoms with Crippen LogP contribution in [0.2, 0.25) is 0 Å². The van der Waals surface area contributed by atoms with Crippen molar-refractivity contribution in [3.05, 3.63) is 53.5 Å². The smallest absolute Gasteiger partial charge is 0.290 e. The van der Waals surface area contributed by atoms with E-state index in [0.717, 1.165) is 42.7 Å². The molecule has 6 nitrogen and oxygen atoms in total. The minimum absolute atomic E-state index is 0.0176. The van der Waals surface area contributed by atoms with Crippen LogP contribution in [-0.4, -0.2) is 54.4 Å². The Morgan fingerprint density at radius 1 is 1.17 bits per heavy atom. The zero-order chi connectivity index (χ0) is 20.4. The fourth-order valence-electron chi connectivity index (χ4n) is 4.73. The van der Waals surface area contributed by atoms with Crippen LogP contribution in [-0.2, 0) is 11.2 Å². The van der Waals surface area contributed by atoms with Crippen molar-refractivity contribution in [1.82, 2.24) is 9.80 Å². The normalized spacial score (nSPS) is 21.6. The standard InChI is InChI=1S/C23H28N2O4/c1-16-10-13-29-22(16)23(27)25-11-5-7-18-15-24(12-9-19(18)25)21(26)14-17-6-3-4-8-20(17)28-2/h3-4,6,8,10,13,18-19H,5,7,9,11-12,14-15H2,1-2H3/t18-,19-/m1/s1. The first-order chi connectivity index (χ1) is 14.1. The van der Waals surface area contributed by atoms with Crippen LogP contribution in [0.1, 0.15) is 40.9 Å². The van der Waals surface area contributed by atoms with E-state index >= 15 is 0 Å². The molecule has 6 heteroatoms. The highest BCUT2D eigenvalue weighted by Crippen LogP contribution is 2.32. The number of para-hydroxylation sites is 1. The van der Waals surface area contributed by atoms with E-state index in [2.05, 4.69) is 0 Å². The van der Waals surface area contributed by atoms with Crippen molar-refractivity contribution in [3.63, 3.8) is 0 Å². The van der Waals surface area contributed by atoms with E-state index in [-0.39, 0.29) is 17.9 Å². The molecule has 29 heavy (non-hydrogen) atoms. The van der Waals surface area contributed by atoms with Crippen LogP contribution < -0.4 is 4.74 Å². The van der Waals surface area contributed by atoms with Crippen molar-refractivity contribution in [3.8, 4) is 5.75 Å². The highest BCUT2D eigenvalue weighted by Gasteiger charge is 2.40. The Hall–Kier alpha value is -2.76. The number of nitrogens with zero attached hydrogens (tertiary/aromatic N) is 2. The lowest BCUT2D eigenvalue weighted by atomic mass is 9.83. The summed E-state index contributed by atoms with van der Waals surface area (Å²) in [5.41, 5.74) is 1.79. The number of hydrogen-bond acceptors (Lipinski definition) is 4. The molecule has 154 valence electrons. The van der Waals surface area contributed by atoms with Gasteiger partial charge in [0, 0.05) is 36.8 Å². The van der Waals surface area contributed by atoms with Gasteiger partial charge < -0.3 is 19.0 Å². The van der Waals surface area contributed by atoms with E-state index in [1.54, 1.807) is 13.4 Å². The average Bonchev–Trinajstić information content (AvgIpc) is 3.18. The van der Waals surface area contributed by atoms with Gasteiger partial charge in [0.05, 0.1) is 19.8 Å². The van der Waals surface area contributed by atoms with Crippen molar-refractivity contribution in [1.29, 1.82) is 0 Å². The van der Waals surface area contributed by atoms with Gasteiger partial charge in [-0.25, -0.2) is 0 Å². The number of carbonyl (C=O) groups is 2. The van der Waals surface area contributed by atoms with E-state index in [9.17, 15) is 9.59 Å². The van der Waals surface area contributed by atoms with Gasteiger partial charge in [0.15, 0.2) is 5.76 Å². The molecular weight excluding hydrogens is 368 g/mol. The molecule has 1 aromatic heterocycles. The highest BCUT2D eigenvalue weighted by molar-refractivity contribution is 5.93. The molecule has 0 spiro atoms. The minimum atomic E-state index is -0.0176. The topological polar surface area (TPSA) is 63.0 Å². The molecule has 2 aliphatic rings. The SMILES string of the molecule is COc1ccccc1CC(=O)N1CC[C@@H]2[C@H](CCCN2C(=O)c2occc2C)C1. The Kier molecular flexibility index (Phi) is 5.60. The number of amides is 2. The maximum atomic E-state index is 13.0. The van der Waals surface area contributed by atoms with Gasteiger partial charge in [-0.3, -0.25) is 9.59 Å². The van der Waals surface area contributed by atoms with Gasteiger partial charge in [0.25, 0.3) is 5.91 Å². The summed E-state index contributed by atoms with van der Waals surface area (Å²) < 4.78 is 10.8. The summed E-state index contributed by atoms with van der Waals surface area (Å²) in [5, 5.41) is 0. The quantitative estimate of drug-likeness (QED) is 0.796. The van der Waals surface area contributed by atoms with Crippen LogP contribution in [0.15, 0.2) is 41.0 Å². The van der Waals surface area contributed by atoms with Gasteiger partial charge in [-0.1, -0.05) is 18.2 Å². The predicted molar refractivity (Wildman–Crippen MR) is 109 cm³/mol. The van der Waals surface area contributed by atoms with Crippen molar-refractivity contribution in [2.45, 2.75) is 38.6 Å². The summed E-state index contributed by atoms with van der Waals surface area (Å²) in [6.07, 6.45) is 4.73. The lowest BCUT2D eigenvalue weighted by Crippen LogP contribution is -2.56. The van der Waals surface area contributed by atoms with Crippen molar-refractivity contribution < 1.29 is 18.7 Å². The monoisotopic (exact) mass is 396 g/mol. The average molecular weight is 396 g/mol. The van der Waals surface area contributed by atoms with Crippen LogP contribution in [0.3, 0.4) is 0 Å². The number of fused-ring (bicyclic) bond motifs is 1. The molecule has 0 aliphatic carbocycles. The molecule has 0 saturated carbocycles. The third-order valence-corrected chi connectivity index (χ3v) is 6.27. The molecule has 2 aliphatic heterocycles. The van der Waals surface area contributed by atoms with Crippen molar-refractivity contribution >= 4 is 11.8 Å². The van der Waals surface area contributed by atoms with Crippen LogP contribution in [0.4, 0.5) is 0 Å². The van der Waals surface area contributed by atoms with Gasteiger partial charge in [-0.2, -0.15) is 0 Å². The highest BCUT2D eigenvalue weighted by atomic mass is 16.5. The third-order valence-electron chi connectivity index (χ3n) is 6.27. The maximum Gasteiger partial charge on any atom is 0.290 e. The van der Waals surface area contributed by atoms with Crippen LogP contribution in [0.25, 0.3) is 0 Å². The molecule has 2 fully saturated rings. The van der Waals surface area contributed by atoms with E-state index in [1.807, 2.05) is 47.1 Å². The van der Waals surface area contributed by atoms with Gasteiger partial charge in [0.2, 0.25) is 5.91 Å². The first-order valence-corrected chi connectivity index (χ1v) is 10.3. The van der Waals surface area contributed by atoms with Gasteiger partial charge in [-0.15, -0.1) is 0 Å². The Labute approximate surface area is 171 Å². The fourth-order valence-corrected chi connectivity index (χ4v) is 4.73. The van der Waals surface area contributed by atoms with E-state index in [0.29, 0.717) is 31.2 Å². The minimum Gasteiger partial charge on any atom is -0.496 e. The first-order valence-electron chi connectivity index (χ1n) is 10.3. The summed E-state index contributed by atoms with van der Waals surface area (Å²) in [7, 11) is 1.63. The Bertz CT molecular complexity index is 891. The molecule has 0 bridgehead atoms. The summed E-state index contributed by atoms with van der Waals surface area (Å²) in [5.74, 6) is 1.62. The lowest BCUT2D eigenvalue weighted by molar-refractivity contribution is -0.133. The lowest BCUT2D eigenvalue weighted by Gasteiger charge is -2.47. The largest absolute Gasteiger partial charge is 0.496 e. The Morgan fingerprint density at radius 3 is 2.76 bits per heavy atom. The van der Waals surface area contributed by atoms with Crippen molar-refractivity contribution in [2.24, 2.45) is 5.92 Å². The second-order valence-corrected chi connectivity index (χ2v) is 8.02. The van der Waals surface area contributed by atoms with E-state index < -0.39 is 0 Å². The van der Waals surface area contributed by atoms with Crippen LogP contribution in [0, 0.1) is 12.8 Å². The first kappa shape index (κ1) is 19.6. The van der Waals surface area contributed by atoms with Gasteiger partial charge in [-0.05, 0) is 44.2 Å². The van der Waals surface area contributed by atoms with Gasteiger partial charge in [0.1, 0.15) is 5.75 Å². The van der Waals surface area contributed by atoms with E-state index in [4.69, 9.17) is 9.15 Å². The number of aryl methyl sites for hydroxylation is 1. The number of likely N-dealkylation sites (tertiary alicyclic amines) is 2. The van der Waals surface area contributed by atoms with Gasteiger partial charge >= 0.3 is 0 Å². The zero-order valence-corrected chi connectivity index (χ0v) is 17.1. The number of carbonyl (C=O) groups excluding carboxylic acids is 2. The summed E-state index contributed by atoms with van der Waals surface area (Å²) in [6, 6.07) is 9.67. The van der Waals surface area contributed by atoms with Crippen molar-refractivity contribution in [2.75, 3.05) is 26.7 Å². The molecule has 2 saturated heterocycles. The second kappa shape index (κ2) is 8.31. The predicted octanol–water partition coefficient (Wildman–Crippen LogP) is 3.29. The molecule has 2 aromatic rings.